The van der Waals surface area contributed by atoms with Crippen LogP contribution < -0.4 is 10.6 Å². The molecule has 3 aromatic carbocycles. The van der Waals surface area contributed by atoms with Crippen LogP contribution in [0.25, 0.3) is 0 Å². The summed E-state index contributed by atoms with van der Waals surface area (Å²) in [5, 5.41) is 12.8. The van der Waals surface area contributed by atoms with Gasteiger partial charge < -0.3 is 15.4 Å². The maximum Gasteiger partial charge on any atom is 0.338 e. The second-order valence-electron chi connectivity index (χ2n) is 8.95. The van der Waals surface area contributed by atoms with Gasteiger partial charge in [-0.2, -0.15) is 4.98 Å². The molecule has 1 aliphatic heterocycles. The number of thioether (sulfide) groups is 1. The predicted molar refractivity (Wildman–Crippen MR) is 158 cm³/mol. The molecule has 0 spiro atoms. The molecule has 1 aromatic heterocycles. The Balaban J connectivity index is 1.42. The highest BCUT2D eigenvalue weighted by Crippen LogP contribution is 2.37. The van der Waals surface area contributed by atoms with Crippen molar-refractivity contribution in [2.45, 2.75) is 30.8 Å². The molecule has 0 saturated heterocycles. The number of halogens is 2. The molecule has 1 aliphatic rings. The number of anilines is 2. The van der Waals surface area contributed by atoms with Crippen molar-refractivity contribution in [3.8, 4) is 0 Å². The molecule has 204 valence electrons. The fourth-order valence-corrected chi connectivity index (χ4v) is 5.31. The Bertz CT molecular complexity index is 1570. The smallest absolute Gasteiger partial charge is 0.338 e. The van der Waals surface area contributed by atoms with Crippen LogP contribution in [0.3, 0.4) is 0 Å². The summed E-state index contributed by atoms with van der Waals surface area (Å²) in [5.74, 6) is 0.465. The zero-order chi connectivity index (χ0) is 28.2. The Hall–Kier alpha value is -3.79. The summed E-state index contributed by atoms with van der Waals surface area (Å²) < 4.78 is 6.76. The van der Waals surface area contributed by atoms with E-state index in [-0.39, 0.29) is 12.5 Å². The van der Waals surface area contributed by atoms with Crippen LogP contribution in [0.1, 0.15) is 41.4 Å². The van der Waals surface area contributed by atoms with Crippen LogP contribution in [0.4, 0.5) is 11.6 Å². The number of fused-ring (bicyclic) bond motifs is 1. The van der Waals surface area contributed by atoms with Gasteiger partial charge in [0.1, 0.15) is 6.04 Å². The maximum absolute atomic E-state index is 13.7. The number of hydrogen-bond donors (Lipinski definition) is 2. The molecule has 5 rings (SSSR count). The fourth-order valence-electron chi connectivity index (χ4n) is 4.27. The molecule has 2 heterocycles. The first-order valence-electron chi connectivity index (χ1n) is 12.5. The molecule has 8 nitrogen and oxygen atoms in total. The Morgan fingerprint density at radius 2 is 1.65 bits per heavy atom. The Kier molecular flexibility index (Phi) is 8.44. The van der Waals surface area contributed by atoms with Gasteiger partial charge in [0.2, 0.25) is 11.1 Å². The van der Waals surface area contributed by atoms with E-state index in [9.17, 15) is 9.59 Å². The third-order valence-electron chi connectivity index (χ3n) is 6.20. The largest absolute Gasteiger partial charge is 0.462 e. The molecule has 40 heavy (non-hydrogen) atoms. The topological polar surface area (TPSA) is 98.1 Å². The van der Waals surface area contributed by atoms with Gasteiger partial charge in [0.15, 0.2) is 0 Å². The van der Waals surface area contributed by atoms with Gasteiger partial charge in [-0.3, -0.25) is 4.79 Å². The highest BCUT2D eigenvalue weighted by molar-refractivity contribution is 7.98. The highest BCUT2D eigenvalue weighted by Gasteiger charge is 2.34. The van der Waals surface area contributed by atoms with E-state index >= 15 is 0 Å². The minimum absolute atomic E-state index is 0.287. The summed E-state index contributed by atoms with van der Waals surface area (Å²) in [7, 11) is 0. The van der Waals surface area contributed by atoms with Crippen LogP contribution in [0, 0.1) is 0 Å². The number of aromatic nitrogens is 3. The summed E-state index contributed by atoms with van der Waals surface area (Å²) in [6, 6.07) is 21.0. The number of carbonyl (C=O) groups is 2. The zero-order valence-corrected chi connectivity index (χ0v) is 24.0. The van der Waals surface area contributed by atoms with Gasteiger partial charge in [-0.05, 0) is 73.5 Å². The van der Waals surface area contributed by atoms with Crippen molar-refractivity contribution in [1.82, 2.24) is 14.8 Å². The summed E-state index contributed by atoms with van der Waals surface area (Å²) in [5.41, 5.74) is 3.99. The van der Waals surface area contributed by atoms with Crippen molar-refractivity contribution in [3.63, 3.8) is 0 Å². The van der Waals surface area contributed by atoms with Crippen molar-refractivity contribution in [3.05, 3.63) is 111 Å². The first kappa shape index (κ1) is 27.8. The number of amides is 1. The van der Waals surface area contributed by atoms with E-state index in [1.54, 1.807) is 48.0 Å². The van der Waals surface area contributed by atoms with E-state index < -0.39 is 12.0 Å². The van der Waals surface area contributed by atoms with Gasteiger partial charge in [-0.25, -0.2) is 9.48 Å². The number of nitrogens with zero attached hydrogens (tertiary/aromatic N) is 3. The molecule has 0 aliphatic carbocycles. The molecular weight excluding hydrogens is 569 g/mol. The Morgan fingerprint density at radius 1 is 1.00 bits per heavy atom. The van der Waals surface area contributed by atoms with Gasteiger partial charge in [0.25, 0.3) is 5.91 Å². The Labute approximate surface area is 245 Å². The predicted octanol–water partition coefficient (Wildman–Crippen LogP) is 6.98. The molecule has 2 N–H and O–H groups in total. The molecule has 1 unspecified atom stereocenters. The minimum atomic E-state index is -0.551. The molecule has 0 saturated carbocycles. The SMILES string of the molecule is CCOC(=O)c1ccc(NC(=O)C2=C(C)Nc3nc(SCc4ccc(Cl)cc4)nn3C2c2ccc(Cl)cc2)cc1. The number of carbonyl (C=O) groups excluding carboxylic acids is 2. The van der Waals surface area contributed by atoms with Gasteiger partial charge in [-0.15, -0.1) is 5.10 Å². The summed E-state index contributed by atoms with van der Waals surface area (Å²) in [6.45, 7) is 3.87. The zero-order valence-electron chi connectivity index (χ0n) is 21.7. The van der Waals surface area contributed by atoms with E-state index in [1.807, 2.05) is 43.3 Å². The number of ether oxygens (including phenoxy) is 1. The molecule has 4 aromatic rings. The molecule has 11 heteroatoms. The van der Waals surface area contributed by atoms with Crippen LogP contribution in [-0.4, -0.2) is 33.2 Å². The minimum Gasteiger partial charge on any atom is -0.462 e. The van der Waals surface area contributed by atoms with Crippen molar-refractivity contribution < 1.29 is 14.3 Å². The third-order valence-corrected chi connectivity index (χ3v) is 7.61. The maximum atomic E-state index is 13.7. The number of nitrogens with one attached hydrogen (secondary N) is 2. The number of rotatable bonds is 8. The average molecular weight is 595 g/mol. The normalized spacial score (nSPS) is 14.3. The van der Waals surface area contributed by atoms with Crippen molar-refractivity contribution >= 4 is 58.5 Å². The van der Waals surface area contributed by atoms with Crippen molar-refractivity contribution in [2.24, 2.45) is 0 Å². The third kappa shape index (κ3) is 6.17. The van der Waals surface area contributed by atoms with E-state index in [2.05, 4.69) is 15.6 Å². The van der Waals surface area contributed by atoms with Crippen molar-refractivity contribution in [2.75, 3.05) is 17.2 Å². The summed E-state index contributed by atoms with van der Waals surface area (Å²) >= 11 is 13.7. The molecule has 0 bridgehead atoms. The number of benzene rings is 3. The van der Waals surface area contributed by atoms with Crippen LogP contribution >= 0.6 is 35.0 Å². The highest BCUT2D eigenvalue weighted by atomic mass is 35.5. The molecule has 0 radical (unpaired) electrons. The monoisotopic (exact) mass is 593 g/mol. The van der Waals surface area contributed by atoms with Gasteiger partial charge >= 0.3 is 5.97 Å². The van der Waals surface area contributed by atoms with Crippen molar-refractivity contribution in [1.29, 1.82) is 0 Å². The number of esters is 1. The van der Waals surface area contributed by atoms with E-state index in [4.69, 9.17) is 33.0 Å². The Morgan fingerprint density at radius 3 is 2.30 bits per heavy atom. The van der Waals surface area contributed by atoms with Crippen LogP contribution in [0.2, 0.25) is 10.0 Å². The molecular formula is C29H25Cl2N5O3S. The first-order chi connectivity index (χ1) is 19.3. The van der Waals surface area contributed by atoms with E-state index in [1.165, 1.54) is 11.8 Å². The lowest BCUT2D eigenvalue weighted by atomic mass is 9.95. The fraction of sp³-hybridized carbons (Fsp3) is 0.172. The lowest BCUT2D eigenvalue weighted by molar-refractivity contribution is -0.113. The molecule has 1 amide bonds. The van der Waals surface area contributed by atoms with Gasteiger partial charge in [-0.1, -0.05) is 59.2 Å². The van der Waals surface area contributed by atoms with Crippen LogP contribution in [0.5, 0.6) is 0 Å². The summed E-state index contributed by atoms with van der Waals surface area (Å²) in [6.07, 6.45) is 0. The lowest BCUT2D eigenvalue weighted by Crippen LogP contribution is -2.31. The standard InChI is InChI=1S/C29H25Cl2N5O3S/c1-3-39-27(38)20-8-14-23(15-9-20)33-26(37)24-17(2)32-28-34-29(40-16-18-4-10-21(30)11-5-18)35-36(28)25(24)19-6-12-22(31)13-7-19/h4-15,25H,3,16H2,1-2H3,(H,33,37)(H,32,34,35). The van der Waals surface area contributed by atoms with Gasteiger partial charge in [0, 0.05) is 27.2 Å². The summed E-state index contributed by atoms with van der Waals surface area (Å²) in [4.78, 5) is 30.4. The quantitative estimate of drug-likeness (QED) is 0.168. The second-order valence-corrected chi connectivity index (χ2v) is 10.8. The number of allylic oxidation sites excluding steroid dienone is 1. The number of hydrogen-bond acceptors (Lipinski definition) is 7. The van der Waals surface area contributed by atoms with E-state index in [0.717, 1.165) is 11.1 Å². The lowest BCUT2D eigenvalue weighted by Gasteiger charge is -2.28. The average Bonchev–Trinajstić information content (AvgIpc) is 3.35. The first-order valence-corrected chi connectivity index (χ1v) is 14.2. The molecule has 1 atom stereocenters. The van der Waals surface area contributed by atoms with Gasteiger partial charge in [0.05, 0.1) is 17.7 Å². The van der Waals surface area contributed by atoms with E-state index in [0.29, 0.717) is 49.4 Å². The van der Waals surface area contributed by atoms with Crippen LogP contribution in [-0.2, 0) is 15.3 Å². The van der Waals surface area contributed by atoms with Crippen LogP contribution in [0.15, 0.2) is 89.2 Å². The second kappa shape index (κ2) is 12.2. The molecule has 0 fully saturated rings.